The van der Waals surface area contributed by atoms with Crippen molar-refractivity contribution in [2.24, 2.45) is 0 Å². The Balaban J connectivity index is 1.86. The number of benzene rings is 3. The van der Waals surface area contributed by atoms with Crippen molar-refractivity contribution in [1.29, 1.82) is 0 Å². The largest absolute Gasteiger partial charge is 0.493 e. The van der Waals surface area contributed by atoms with Gasteiger partial charge in [-0.1, -0.05) is 46.9 Å². The van der Waals surface area contributed by atoms with E-state index in [1.54, 1.807) is 14.2 Å². The minimum absolute atomic E-state index is 0.209. The van der Waals surface area contributed by atoms with E-state index >= 15 is 0 Å². The van der Waals surface area contributed by atoms with Crippen molar-refractivity contribution in [1.82, 2.24) is 0 Å². The van der Waals surface area contributed by atoms with Gasteiger partial charge in [0.2, 0.25) is 10.6 Å². The number of halogens is 3. The fraction of sp³-hybridized carbons (Fsp3) is 0.273. The number of hydrogen-bond donors (Lipinski definition) is 0. The molecule has 0 spiro atoms. The highest BCUT2D eigenvalue weighted by Gasteiger charge is 2.43. The molecule has 0 aromatic heterocycles. The lowest BCUT2D eigenvalue weighted by Crippen LogP contribution is -2.37. The van der Waals surface area contributed by atoms with Gasteiger partial charge in [-0.3, -0.25) is 0 Å². The predicted molar refractivity (Wildman–Crippen MR) is 120 cm³/mol. The lowest BCUT2D eigenvalue weighted by molar-refractivity contribution is 0.174. The topological polar surface area (TPSA) is 40.2 Å². The van der Waals surface area contributed by atoms with E-state index in [2.05, 4.69) is 12.1 Å². The Morgan fingerprint density at radius 1 is 0.933 bits per heavy atom. The summed E-state index contributed by atoms with van der Waals surface area (Å²) >= 11 is 19.5. The van der Waals surface area contributed by atoms with Gasteiger partial charge in [-0.2, -0.15) is 0 Å². The maximum Gasteiger partial charge on any atom is 0.231 e. The summed E-state index contributed by atoms with van der Waals surface area (Å²) in [5.74, 6) is 2.62. The predicted octanol–water partition coefficient (Wildman–Crippen LogP) is 6.11. The van der Waals surface area contributed by atoms with E-state index in [0.717, 1.165) is 38.9 Å². The lowest BCUT2D eigenvalue weighted by atomic mass is 9.86. The minimum Gasteiger partial charge on any atom is -0.493 e. The quantitative estimate of drug-likeness (QED) is 0.426. The Kier molecular flexibility index (Phi) is 4.54. The molecule has 156 valence electrons. The molecule has 8 heteroatoms. The standard InChI is InChI=1S/C22H18Cl3NO4/c1-26-20-12(5-4-11-6-18-19(7-13(11)20)30-10-29-18)14-8-16(27-2)17(28-3)9-15(14)21(26)22(23,24)25/h4-9,21H,10H2,1-3H3/t21-/m0/s1. The molecular formula is C22H18Cl3NO4. The van der Waals surface area contributed by atoms with E-state index in [9.17, 15) is 0 Å². The average Bonchev–Trinajstić information content (AvgIpc) is 3.17. The summed E-state index contributed by atoms with van der Waals surface area (Å²) in [6, 6.07) is 11.3. The van der Waals surface area contributed by atoms with Gasteiger partial charge in [0, 0.05) is 18.0 Å². The molecule has 3 aromatic rings. The zero-order valence-electron chi connectivity index (χ0n) is 16.5. The first kappa shape index (κ1) is 19.7. The van der Waals surface area contributed by atoms with Gasteiger partial charge in [-0.15, -0.1) is 0 Å². The van der Waals surface area contributed by atoms with Crippen LogP contribution in [-0.2, 0) is 0 Å². The first-order valence-corrected chi connectivity index (χ1v) is 10.4. The molecule has 0 aliphatic carbocycles. The average molecular weight is 467 g/mol. The second-order valence-corrected chi connectivity index (χ2v) is 9.61. The first-order chi connectivity index (χ1) is 14.3. The van der Waals surface area contributed by atoms with Gasteiger partial charge in [0.1, 0.15) is 6.04 Å². The third-order valence-electron chi connectivity index (χ3n) is 5.68. The van der Waals surface area contributed by atoms with Crippen LogP contribution in [0.15, 0.2) is 36.4 Å². The summed E-state index contributed by atoms with van der Waals surface area (Å²) in [4.78, 5) is 2.00. The van der Waals surface area contributed by atoms with E-state index in [-0.39, 0.29) is 6.79 Å². The molecule has 0 unspecified atom stereocenters. The molecular weight excluding hydrogens is 449 g/mol. The number of alkyl halides is 3. The highest BCUT2D eigenvalue weighted by atomic mass is 35.6. The summed E-state index contributed by atoms with van der Waals surface area (Å²) in [5, 5.41) is 2.00. The second-order valence-electron chi connectivity index (χ2n) is 7.24. The third-order valence-corrected chi connectivity index (χ3v) is 6.30. The van der Waals surface area contributed by atoms with Crippen LogP contribution in [0.1, 0.15) is 11.6 Å². The number of methoxy groups -OCH3 is 2. The van der Waals surface area contributed by atoms with Crippen LogP contribution >= 0.6 is 34.8 Å². The van der Waals surface area contributed by atoms with Gasteiger partial charge in [-0.05, 0) is 40.8 Å². The molecule has 0 N–H and O–H groups in total. The summed E-state index contributed by atoms with van der Waals surface area (Å²) < 4.78 is 20.6. The summed E-state index contributed by atoms with van der Waals surface area (Å²) in [6.07, 6.45) is 0. The van der Waals surface area contributed by atoms with Crippen LogP contribution in [-0.4, -0.2) is 31.9 Å². The highest BCUT2D eigenvalue weighted by molar-refractivity contribution is 6.68. The van der Waals surface area contributed by atoms with Crippen molar-refractivity contribution in [2.75, 3.05) is 33.0 Å². The molecule has 3 aromatic carbocycles. The molecule has 0 radical (unpaired) electrons. The zero-order chi connectivity index (χ0) is 21.2. The number of ether oxygens (including phenoxy) is 4. The smallest absolute Gasteiger partial charge is 0.231 e. The maximum absolute atomic E-state index is 6.49. The molecule has 30 heavy (non-hydrogen) atoms. The van der Waals surface area contributed by atoms with E-state index in [1.807, 2.05) is 36.2 Å². The fourth-order valence-electron chi connectivity index (χ4n) is 4.38. The fourth-order valence-corrected chi connectivity index (χ4v) is 5.17. The van der Waals surface area contributed by atoms with E-state index in [4.69, 9.17) is 53.8 Å². The van der Waals surface area contributed by atoms with Crippen molar-refractivity contribution < 1.29 is 18.9 Å². The van der Waals surface area contributed by atoms with E-state index in [1.165, 1.54) is 0 Å². The van der Waals surface area contributed by atoms with Crippen LogP contribution in [0.4, 0.5) is 5.69 Å². The van der Waals surface area contributed by atoms with Gasteiger partial charge in [0.25, 0.3) is 0 Å². The van der Waals surface area contributed by atoms with Crippen LogP contribution in [0.25, 0.3) is 21.9 Å². The summed E-state index contributed by atoms with van der Waals surface area (Å²) in [5.41, 5.74) is 3.73. The number of anilines is 1. The molecule has 0 fully saturated rings. The van der Waals surface area contributed by atoms with Crippen LogP contribution in [0.5, 0.6) is 23.0 Å². The molecule has 5 nitrogen and oxygen atoms in total. The van der Waals surface area contributed by atoms with Gasteiger partial charge in [-0.25, -0.2) is 0 Å². The molecule has 2 aliphatic heterocycles. The van der Waals surface area contributed by atoms with Gasteiger partial charge >= 0.3 is 0 Å². The molecule has 0 saturated carbocycles. The molecule has 0 bridgehead atoms. The number of fused-ring (bicyclic) bond motifs is 6. The Hall–Kier alpha value is -2.21. The number of nitrogens with zero attached hydrogens (tertiary/aromatic N) is 1. The Labute approximate surface area is 188 Å². The van der Waals surface area contributed by atoms with Gasteiger partial charge in [0.15, 0.2) is 23.0 Å². The molecule has 1 atom stereocenters. The molecule has 0 amide bonds. The highest BCUT2D eigenvalue weighted by Crippen LogP contribution is 2.56. The van der Waals surface area contributed by atoms with Crippen LogP contribution in [0.3, 0.4) is 0 Å². The first-order valence-electron chi connectivity index (χ1n) is 9.25. The van der Waals surface area contributed by atoms with Crippen molar-refractivity contribution in [2.45, 2.75) is 9.83 Å². The van der Waals surface area contributed by atoms with Gasteiger partial charge < -0.3 is 23.8 Å². The van der Waals surface area contributed by atoms with Crippen molar-refractivity contribution in [3.8, 4) is 34.1 Å². The summed E-state index contributed by atoms with van der Waals surface area (Å²) in [6.45, 7) is 0.209. The minimum atomic E-state index is -1.58. The number of hydrogen-bond acceptors (Lipinski definition) is 5. The van der Waals surface area contributed by atoms with Crippen LogP contribution < -0.4 is 23.8 Å². The molecule has 0 saturated heterocycles. The molecule has 2 aliphatic rings. The third kappa shape index (κ3) is 2.83. The molecule has 5 rings (SSSR count). The monoisotopic (exact) mass is 465 g/mol. The SMILES string of the molecule is COc1cc2c(cc1OC)[C@@H](C(Cl)(Cl)Cl)N(C)c1c-2ccc2cc3c(cc12)OCO3. The Morgan fingerprint density at radius 3 is 2.27 bits per heavy atom. The van der Waals surface area contributed by atoms with E-state index < -0.39 is 9.83 Å². The molecule has 2 heterocycles. The van der Waals surface area contributed by atoms with Crippen LogP contribution in [0.2, 0.25) is 0 Å². The van der Waals surface area contributed by atoms with Crippen molar-refractivity contribution in [3.05, 3.63) is 42.0 Å². The second kappa shape index (κ2) is 6.91. The Morgan fingerprint density at radius 2 is 1.60 bits per heavy atom. The summed E-state index contributed by atoms with van der Waals surface area (Å²) in [7, 11) is 5.12. The van der Waals surface area contributed by atoms with Crippen molar-refractivity contribution >= 4 is 51.3 Å². The zero-order valence-corrected chi connectivity index (χ0v) is 18.7. The number of rotatable bonds is 2. The lowest BCUT2D eigenvalue weighted by Gasteiger charge is -2.42. The van der Waals surface area contributed by atoms with Crippen LogP contribution in [0, 0.1) is 0 Å². The normalized spacial score (nSPS) is 17.0. The Bertz CT molecular complexity index is 1180. The van der Waals surface area contributed by atoms with Gasteiger partial charge in [0.05, 0.1) is 19.9 Å². The van der Waals surface area contributed by atoms with E-state index in [0.29, 0.717) is 17.2 Å². The maximum atomic E-state index is 6.49. The van der Waals surface area contributed by atoms with Crippen molar-refractivity contribution in [3.63, 3.8) is 0 Å².